The van der Waals surface area contributed by atoms with Crippen molar-refractivity contribution in [1.29, 1.82) is 0 Å². The lowest BCUT2D eigenvalue weighted by atomic mass is 9.92. The van der Waals surface area contributed by atoms with Gasteiger partial charge in [0.15, 0.2) is 0 Å². The van der Waals surface area contributed by atoms with Gasteiger partial charge in [-0.3, -0.25) is 0 Å². The van der Waals surface area contributed by atoms with E-state index in [0.717, 1.165) is 19.6 Å². The highest BCUT2D eigenvalue weighted by Gasteiger charge is 2.20. The van der Waals surface area contributed by atoms with Gasteiger partial charge in [0, 0.05) is 25.3 Å². The van der Waals surface area contributed by atoms with Crippen LogP contribution in [0.1, 0.15) is 26.3 Å². The SMILES string of the molecule is CCN(CC(C)(C)CNC)c1ccc(C)cc1. The van der Waals surface area contributed by atoms with Crippen molar-refractivity contribution < 1.29 is 0 Å². The summed E-state index contributed by atoms with van der Waals surface area (Å²) in [5, 5.41) is 3.27. The average Bonchev–Trinajstić information content (AvgIpc) is 2.27. The molecule has 0 unspecified atom stereocenters. The van der Waals surface area contributed by atoms with Crippen LogP contribution in [0.2, 0.25) is 0 Å². The van der Waals surface area contributed by atoms with Crippen LogP contribution in [0.15, 0.2) is 24.3 Å². The number of hydrogen-bond acceptors (Lipinski definition) is 2. The van der Waals surface area contributed by atoms with Gasteiger partial charge >= 0.3 is 0 Å². The lowest BCUT2D eigenvalue weighted by Crippen LogP contribution is -2.39. The van der Waals surface area contributed by atoms with Crippen LogP contribution >= 0.6 is 0 Å². The van der Waals surface area contributed by atoms with Gasteiger partial charge in [0.2, 0.25) is 0 Å². The van der Waals surface area contributed by atoms with Crippen molar-refractivity contribution in [2.24, 2.45) is 5.41 Å². The first-order valence-electron chi connectivity index (χ1n) is 6.45. The zero-order chi connectivity index (χ0) is 12.9. The summed E-state index contributed by atoms with van der Waals surface area (Å²) >= 11 is 0. The van der Waals surface area contributed by atoms with Crippen LogP contribution in [-0.2, 0) is 0 Å². The highest BCUT2D eigenvalue weighted by atomic mass is 15.1. The lowest BCUT2D eigenvalue weighted by molar-refractivity contribution is 0.354. The molecule has 0 aliphatic heterocycles. The number of nitrogens with one attached hydrogen (secondary N) is 1. The molecule has 0 atom stereocenters. The molecule has 0 aliphatic carbocycles. The Balaban J connectivity index is 2.75. The maximum absolute atomic E-state index is 3.27. The number of anilines is 1. The van der Waals surface area contributed by atoms with Gasteiger partial charge in [-0.15, -0.1) is 0 Å². The Hall–Kier alpha value is -1.02. The molecule has 0 saturated carbocycles. The molecule has 96 valence electrons. The number of aryl methyl sites for hydroxylation is 1. The van der Waals surface area contributed by atoms with E-state index in [2.05, 4.69) is 62.2 Å². The van der Waals surface area contributed by atoms with Gasteiger partial charge in [-0.1, -0.05) is 31.5 Å². The molecule has 0 heterocycles. The maximum atomic E-state index is 3.27. The first kappa shape index (κ1) is 14.0. The van der Waals surface area contributed by atoms with Gasteiger partial charge in [-0.25, -0.2) is 0 Å². The summed E-state index contributed by atoms with van der Waals surface area (Å²) in [5.41, 5.74) is 2.93. The Labute approximate surface area is 106 Å². The van der Waals surface area contributed by atoms with E-state index in [-0.39, 0.29) is 5.41 Å². The molecule has 2 nitrogen and oxygen atoms in total. The monoisotopic (exact) mass is 234 g/mol. The molecule has 0 spiro atoms. The first-order chi connectivity index (χ1) is 7.98. The van der Waals surface area contributed by atoms with Crippen LogP contribution in [0, 0.1) is 12.3 Å². The minimum Gasteiger partial charge on any atom is -0.371 e. The minimum absolute atomic E-state index is 0.287. The zero-order valence-electron chi connectivity index (χ0n) is 11.9. The molecule has 0 aromatic heterocycles. The van der Waals surface area contributed by atoms with Crippen LogP contribution in [-0.4, -0.2) is 26.7 Å². The topological polar surface area (TPSA) is 15.3 Å². The normalized spacial score (nSPS) is 11.6. The van der Waals surface area contributed by atoms with Crippen molar-refractivity contribution in [1.82, 2.24) is 5.32 Å². The summed E-state index contributed by atoms with van der Waals surface area (Å²) in [5.74, 6) is 0. The van der Waals surface area contributed by atoms with E-state index in [1.807, 2.05) is 7.05 Å². The third kappa shape index (κ3) is 4.39. The molecule has 0 amide bonds. The Morgan fingerprint density at radius 2 is 1.76 bits per heavy atom. The van der Waals surface area contributed by atoms with Crippen molar-refractivity contribution in [2.45, 2.75) is 27.7 Å². The van der Waals surface area contributed by atoms with Crippen molar-refractivity contribution in [2.75, 3.05) is 31.6 Å². The Bertz CT molecular complexity index is 327. The molecule has 0 bridgehead atoms. The zero-order valence-corrected chi connectivity index (χ0v) is 11.9. The van der Waals surface area contributed by atoms with Crippen molar-refractivity contribution >= 4 is 5.69 Å². The van der Waals surface area contributed by atoms with Gasteiger partial charge in [0.25, 0.3) is 0 Å². The second-order valence-corrected chi connectivity index (χ2v) is 5.54. The Morgan fingerprint density at radius 3 is 2.24 bits per heavy atom. The van der Waals surface area contributed by atoms with Crippen molar-refractivity contribution in [3.8, 4) is 0 Å². The van der Waals surface area contributed by atoms with Crippen LogP contribution in [0.25, 0.3) is 0 Å². The van der Waals surface area contributed by atoms with Crippen molar-refractivity contribution in [3.63, 3.8) is 0 Å². The predicted molar refractivity (Wildman–Crippen MR) is 76.8 cm³/mol. The van der Waals surface area contributed by atoms with Gasteiger partial charge in [-0.2, -0.15) is 0 Å². The summed E-state index contributed by atoms with van der Waals surface area (Å²) in [6.07, 6.45) is 0. The lowest BCUT2D eigenvalue weighted by Gasteiger charge is -2.33. The molecule has 1 aromatic carbocycles. The Kier molecular flexibility index (Phi) is 5.01. The van der Waals surface area contributed by atoms with E-state index in [9.17, 15) is 0 Å². The molecule has 1 N–H and O–H groups in total. The quantitative estimate of drug-likeness (QED) is 0.814. The highest BCUT2D eigenvalue weighted by Crippen LogP contribution is 2.21. The van der Waals surface area contributed by atoms with Gasteiger partial charge < -0.3 is 10.2 Å². The summed E-state index contributed by atoms with van der Waals surface area (Å²) in [6, 6.07) is 8.80. The van der Waals surface area contributed by atoms with Gasteiger partial charge in [-0.05, 0) is 38.4 Å². The molecule has 0 saturated heterocycles. The molecule has 1 aromatic rings. The molecular weight excluding hydrogens is 208 g/mol. The van der Waals surface area contributed by atoms with Crippen LogP contribution < -0.4 is 10.2 Å². The summed E-state index contributed by atoms with van der Waals surface area (Å²) in [4.78, 5) is 2.44. The highest BCUT2D eigenvalue weighted by molar-refractivity contribution is 5.47. The number of benzene rings is 1. The van der Waals surface area contributed by atoms with Gasteiger partial charge in [0.05, 0.1) is 0 Å². The van der Waals surface area contributed by atoms with E-state index in [1.165, 1.54) is 11.3 Å². The molecule has 2 heteroatoms. The summed E-state index contributed by atoms with van der Waals surface area (Å²) in [7, 11) is 2.02. The third-order valence-electron chi connectivity index (χ3n) is 3.06. The summed E-state index contributed by atoms with van der Waals surface area (Å²) < 4.78 is 0. The fourth-order valence-corrected chi connectivity index (χ4v) is 2.19. The number of hydrogen-bond donors (Lipinski definition) is 1. The second-order valence-electron chi connectivity index (χ2n) is 5.54. The van der Waals surface area contributed by atoms with E-state index in [0.29, 0.717) is 0 Å². The maximum Gasteiger partial charge on any atom is 0.0366 e. The first-order valence-corrected chi connectivity index (χ1v) is 6.45. The Morgan fingerprint density at radius 1 is 1.18 bits per heavy atom. The number of rotatable bonds is 6. The van der Waals surface area contributed by atoms with Crippen LogP contribution in [0.3, 0.4) is 0 Å². The number of nitrogens with zero attached hydrogens (tertiary/aromatic N) is 1. The van der Waals surface area contributed by atoms with Crippen LogP contribution in [0.5, 0.6) is 0 Å². The van der Waals surface area contributed by atoms with E-state index >= 15 is 0 Å². The standard InChI is InChI=1S/C15H26N2/c1-6-17(12-15(3,4)11-16-5)14-9-7-13(2)8-10-14/h7-10,16H,6,11-12H2,1-5H3. The molecule has 0 fully saturated rings. The second kappa shape index (κ2) is 6.06. The van der Waals surface area contributed by atoms with E-state index in [4.69, 9.17) is 0 Å². The largest absolute Gasteiger partial charge is 0.371 e. The summed E-state index contributed by atoms with van der Waals surface area (Å²) in [6.45, 7) is 12.1. The van der Waals surface area contributed by atoms with Gasteiger partial charge in [0.1, 0.15) is 0 Å². The molecule has 1 rings (SSSR count). The molecular formula is C15H26N2. The molecule has 17 heavy (non-hydrogen) atoms. The predicted octanol–water partition coefficient (Wildman–Crippen LogP) is 3.07. The smallest absolute Gasteiger partial charge is 0.0366 e. The minimum atomic E-state index is 0.287. The molecule has 0 radical (unpaired) electrons. The van der Waals surface area contributed by atoms with Crippen molar-refractivity contribution in [3.05, 3.63) is 29.8 Å². The van der Waals surface area contributed by atoms with E-state index < -0.39 is 0 Å². The van der Waals surface area contributed by atoms with E-state index in [1.54, 1.807) is 0 Å². The fraction of sp³-hybridized carbons (Fsp3) is 0.600. The molecule has 0 aliphatic rings. The third-order valence-corrected chi connectivity index (χ3v) is 3.06. The fourth-order valence-electron chi connectivity index (χ4n) is 2.19. The average molecular weight is 234 g/mol. The van der Waals surface area contributed by atoms with Crippen LogP contribution in [0.4, 0.5) is 5.69 Å².